The quantitative estimate of drug-likeness (QED) is 0.869. The van der Waals surface area contributed by atoms with Crippen molar-refractivity contribution in [2.24, 2.45) is 0 Å². The van der Waals surface area contributed by atoms with Crippen LogP contribution in [0.15, 0.2) is 41.8 Å². The predicted molar refractivity (Wildman–Crippen MR) is 86.7 cm³/mol. The second-order valence-electron chi connectivity index (χ2n) is 4.37. The van der Waals surface area contributed by atoms with Crippen molar-refractivity contribution in [3.8, 4) is 0 Å². The Bertz CT molecular complexity index is 603. The Morgan fingerprint density at radius 1 is 1.35 bits per heavy atom. The van der Waals surface area contributed by atoms with Crippen molar-refractivity contribution in [1.29, 1.82) is 0 Å². The zero-order valence-electron chi connectivity index (χ0n) is 10.6. The van der Waals surface area contributed by atoms with Gasteiger partial charge >= 0.3 is 6.03 Å². The summed E-state index contributed by atoms with van der Waals surface area (Å²) in [5.74, 6) is 0.964. The van der Waals surface area contributed by atoms with Crippen LogP contribution in [-0.2, 0) is 0 Å². The van der Waals surface area contributed by atoms with E-state index >= 15 is 0 Å². The minimum absolute atomic E-state index is 0.0735. The fourth-order valence-corrected chi connectivity index (χ4v) is 4.53. The number of halogens is 1. The van der Waals surface area contributed by atoms with E-state index in [1.807, 2.05) is 28.5 Å². The van der Waals surface area contributed by atoms with Crippen molar-refractivity contribution >= 4 is 46.4 Å². The molecule has 1 aromatic carbocycles. The molecule has 1 atom stereocenters. The van der Waals surface area contributed by atoms with Crippen LogP contribution in [-0.4, -0.2) is 23.2 Å². The number of rotatable bonds is 2. The maximum Gasteiger partial charge on any atom is 0.323 e. The number of urea groups is 1. The standard InChI is InChI=1S/C14H13ClN2OS2/c15-10-3-1-4-11(9-10)16-14(18)17-6-8-20-13(17)12-5-2-7-19-12/h1-5,7,9,13H,6,8H2,(H,16,18)/t13-/m0/s1. The maximum absolute atomic E-state index is 12.4. The number of nitrogens with zero attached hydrogens (tertiary/aromatic N) is 1. The van der Waals surface area contributed by atoms with Gasteiger partial charge in [-0.2, -0.15) is 0 Å². The molecule has 1 saturated heterocycles. The van der Waals surface area contributed by atoms with Gasteiger partial charge in [0.05, 0.1) is 0 Å². The third-order valence-electron chi connectivity index (χ3n) is 3.01. The van der Waals surface area contributed by atoms with Crippen molar-refractivity contribution in [2.45, 2.75) is 5.37 Å². The topological polar surface area (TPSA) is 32.3 Å². The maximum atomic E-state index is 12.4. The SMILES string of the molecule is O=C(Nc1cccc(Cl)c1)N1CCS[C@H]1c1cccs1. The molecular formula is C14H13ClN2OS2. The lowest BCUT2D eigenvalue weighted by Crippen LogP contribution is -2.34. The summed E-state index contributed by atoms with van der Waals surface area (Å²) < 4.78 is 0. The molecule has 2 aromatic rings. The molecule has 2 heterocycles. The van der Waals surface area contributed by atoms with Crippen LogP contribution in [0.2, 0.25) is 5.02 Å². The van der Waals surface area contributed by atoms with E-state index in [9.17, 15) is 4.79 Å². The summed E-state index contributed by atoms with van der Waals surface area (Å²) in [5, 5.41) is 5.69. The van der Waals surface area contributed by atoms with Crippen LogP contribution in [0.3, 0.4) is 0 Å². The van der Waals surface area contributed by atoms with Gasteiger partial charge in [0.1, 0.15) is 5.37 Å². The molecule has 2 amide bonds. The van der Waals surface area contributed by atoms with Crippen LogP contribution in [0.25, 0.3) is 0 Å². The largest absolute Gasteiger partial charge is 0.323 e. The molecule has 0 saturated carbocycles. The van der Waals surface area contributed by atoms with E-state index in [1.165, 1.54) is 4.88 Å². The van der Waals surface area contributed by atoms with Gasteiger partial charge in [-0.15, -0.1) is 23.1 Å². The van der Waals surface area contributed by atoms with Gasteiger partial charge in [-0.25, -0.2) is 4.79 Å². The Morgan fingerprint density at radius 3 is 3.00 bits per heavy atom. The highest BCUT2D eigenvalue weighted by Gasteiger charge is 2.31. The van der Waals surface area contributed by atoms with E-state index in [1.54, 1.807) is 35.2 Å². The Labute approximate surface area is 130 Å². The van der Waals surface area contributed by atoms with Crippen LogP contribution >= 0.6 is 34.7 Å². The molecule has 3 nitrogen and oxygen atoms in total. The van der Waals surface area contributed by atoms with Crippen molar-refractivity contribution in [2.75, 3.05) is 17.6 Å². The zero-order valence-corrected chi connectivity index (χ0v) is 13.0. The molecule has 0 aliphatic carbocycles. The molecule has 1 fully saturated rings. The zero-order chi connectivity index (χ0) is 13.9. The van der Waals surface area contributed by atoms with Crippen molar-refractivity contribution in [3.05, 3.63) is 51.7 Å². The summed E-state index contributed by atoms with van der Waals surface area (Å²) in [6, 6.07) is 11.2. The third kappa shape index (κ3) is 2.95. The normalized spacial score (nSPS) is 18.2. The monoisotopic (exact) mass is 324 g/mol. The predicted octanol–water partition coefficient (Wildman–Crippen LogP) is 4.68. The van der Waals surface area contributed by atoms with E-state index in [2.05, 4.69) is 11.4 Å². The van der Waals surface area contributed by atoms with Gasteiger partial charge in [-0.1, -0.05) is 23.7 Å². The van der Waals surface area contributed by atoms with Crippen LogP contribution in [0.4, 0.5) is 10.5 Å². The molecule has 20 heavy (non-hydrogen) atoms. The summed E-state index contributed by atoms with van der Waals surface area (Å²) in [4.78, 5) is 15.5. The molecule has 104 valence electrons. The third-order valence-corrected chi connectivity index (χ3v) is 5.57. The fourth-order valence-electron chi connectivity index (χ4n) is 2.11. The Kier molecular flexibility index (Phi) is 4.19. The second kappa shape index (κ2) is 6.08. The van der Waals surface area contributed by atoms with E-state index < -0.39 is 0 Å². The first-order valence-electron chi connectivity index (χ1n) is 6.22. The van der Waals surface area contributed by atoms with Crippen LogP contribution in [0.1, 0.15) is 10.3 Å². The van der Waals surface area contributed by atoms with Gasteiger partial charge in [0.15, 0.2) is 0 Å². The first-order chi connectivity index (χ1) is 9.74. The molecule has 6 heteroatoms. The smallest absolute Gasteiger partial charge is 0.308 e. The molecule has 1 aliphatic rings. The van der Waals surface area contributed by atoms with Gasteiger partial charge < -0.3 is 10.2 Å². The highest BCUT2D eigenvalue weighted by Crippen LogP contribution is 2.40. The summed E-state index contributed by atoms with van der Waals surface area (Å²) in [7, 11) is 0. The second-order valence-corrected chi connectivity index (χ2v) is 6.98. The summed E-state index contributed by atoms with van der Waals surface area (Å²) in [5.41, 5.74) is 0.726. The highest BCUT2D eigenvalue weighted by molar-refractivity contribution is 7.99. The van der Waals surface area contributed by atoms with Crippen LogP contribution in [0.5, 0.6) is 0 Å². The number of hydrogen-bond donors (Lipinski definition) is 1. The molecule has 0 bridgehead atoms. The Hall–Kier alpha value is -1.17. The molecule has 1 N–H and O–H groups in total. The van der Waals surface area contributed by atoms with Gasteiger partial charge in [0, 0.05) is 27.9 Å². The average molecular weight is 325 g/mol. The van der Waals surface area contributed by atoms with Gasteiger partial charge in [0.25, 0.3) is 0 Å². The molecule has 0 spiro atoms. The van der Waals surface area contributed by atoms with Crippen molar-refractivity contribution in [3.63, 3.8) is 0 Å². The number of carbonyl (C=O) groups is 1. The van der Waals surface area contributed by atoms with E-state index in [0.717, 1.165) is 18.0 Å². The van der Waals surface area contributed by atoms with Crippen LogP contribution < -0.4 is 5.32 Å². The van der Waals surface area contributed by atoms with Crippen molar-refractivity contribution in [1.82, 2.24) is 4.90 Å². The van der Waals surface area contributed by atoms with E-state index in [-0.39, 0.29) is 11.4 Å². The number of anilines is 1. The molecule has 1 aliphatic heterocycles. The number of nitrogens with one attached hydrogen (secondary N) is 1. The van der Waals surface area contributed by atoms with E-state index in [0.29, 0.717) is 5.02 Å². The first-order valence-corrected chi connectivity index (χ1v) is 8.53. The Balaban J connectivity index is 1.73. The average Bonchev–Trinajstić information content (AvgIpc) is 3.09. The van der Waals surface area contributed by atoms with Crippen LogP contribution in [0, 0.1) is 0 Å². The molecule has 1 aromatic heterocycles. The van der Waals surface area contributed by atoms with Gasteiger partial charge in [-0.3, -0.25) is 0 Å². The van der Waals surface area contributed by atoms with Crippen molar-refractivity contribution < 1.29 is 4.79 Å². The molecular weight excluding hydrogens is 312 g/mol. The van der Waals surface area contributed by atoms with Gasteiger partial charge in [0.2, 0.25) is 0 Å². The van der Waals surface area contributed by atoms with Gasteiger partial charge in [-0.05, 0) is 29.6 Å². The summed E-state index contributed by atoms with van der Waals surface area (Å²) >= 11 is 9.42. The minimum atomic E-state index is -0.0735. The lowest BCUT2D eigenvalue weighted by atomic mass is 10.3. The van der Waals surface area contributed by atoms with E-state index in [4.69, 9.17) is 11.6 Å². The Morgan fingerprint density at radius 2 is 2.25 bits per heavy atom. The minimum Gasteiger partial charge on any atom is -0.308 e. The number of hydrogen-bond acceptors (Lipinski definition) is 3. The number of thioether (sulfide) groups is 1. The molecule has 0 radical (unpaired) electrons. The lowest BCUT2D eigenvalue weighted by molar-refractivity contribution is 0.215. The lowest BCUT2D eigenvalue weighted by Gasteiger charge is -2.23. The molecule has 0 unspecified atom stereocenters. The number of thiophene rings is 1. The summed E-state index contributed by atoms with van der Waals surface area (Å²) in [6.07, 6.45) is 0. The highest BCUT2D eigenvalue weighted by atomic mass is 35.5. The summed E-state index contributed by atoms with van der Waals surface area (Å²) in [6.45, 7) is 0.764. The number of carbonyl (C=O) groups excluding carboxylic acids is 1. The fraction of sp³-hybridized carbons (Fsp3) is 0.214. The number of amides is 2. The first kappa shape index (κ1) is 13.8. The number of benzene rings is 1. The molecule has 3 rings (SSSR count).